The fraction of sp³-hybridized carbons (Fsp3) is 0.560. The van der Waals surface area contributed by atoms with Crippen LogP contribution in [0.4, 0.5) is 20.2 Å². The van der Waals surface area contributed by atoms with Crippen molar-refractivity contribution < 1.29 is 13.6 Å². The van der Waals surface area contributed by atoms with Crippen LogP contribution in [0.1, 0.15) is 155 Å². The molecule has 2 aromatic carbocycles. The van der Waals surface area contributed by atoms with Crippen LogP contribution in [0.15, 0.2) is 71.4 Å². The first-order chi connectivity index (χ1) is 30.3. The maximum atomic E-state index is 16.8. The molecule has 1 saturated heterocycles. The van der Waals surface area contributed by atoms with Crippen molar-refractivity contribution in [3.8, 4) is 11.3 Å². The molecule has 3 N–H and O–H groups in total. The second kappa shape index (κ2) is 26.9. The van der Waals surface area contributed by atoms with Gasteiger partial charge in [0.05, 0.1) is 37.7 Å². The Morgan fingerprint density at radius 1 is 1.05 bits per heavy atom. The summed E-state index contributed by atoms with van der Waals surface area (Å²) in [4.78, 5) is 24.6. The number of unbranched alkanes of at least 4 members (excludes halogenated alkanes) is 5. The number of aliphatic imine (C=N–C) groups is 1. The second-order valence-corrected chi connectivity index (χ2v) is 21.3. The Hall–Kier alpha value is -2.89. The number of hydrazine groups is 1. The van der Waals surface area contributed by atoms with Gasteiger partial charge in [-0.3, -0.25) is 9.71 Å². The first-order valence-corrected chi connectivity index (χ1v) is 26.9. The molecule has 0 radical (unpaired) electrons. The number of nitrogens with one attached hydrogen (secondary N) is 3. The predicted octanol–water partition coefficient (Wildman–Crippen LogP) is 15.3. The summed E-state index contributed by atoms with van der Waals surface area (Å²) in [6.07, 6.45) is 22.4. The van der Waals surface area contributed by atoms with E-state index in [9.17, 15) is 9.30 Å². The van der Waals surface area contributed by atoms with Crippen LogP contribution in [0.5, 0.6) is 0 Å². The highest BCUT2D eigenvalue weighted by Gasteiger charge is 2.45. The number of para-hydroxylation sites is 1. The zero-order valence-electron chi connectivity index (χ0n) is 39.3. The lowest BCUT2D eigenvalue weighted by atomic mass is 9.67. The van der Waals surface area contributed by atoms with Gasteiger partial charge < -0.3 is 5.32 Å². The Morgan fingerprint density at radius 3 is 2.40 bits per heavy atom. The van der Waals surface area contributed by atoms with E-state index in [0.29, 0.717) is 34.3 Å². The van der Waals surface area contributed by atoms with E-state index in [1.807, 2.05) is 30.0 Å². The molecule has 1 saturated carbocycles. The molecule has 2 aliphatic rings. The van der Waals surface area contributed by atoms with Gasteiger partial charge in [-0.15, -0.1) is 16.8 Å². The molecular weight excluding hydrogens is 866 g/mol. The molecule has 63 heavy (non-hydrogen) atoms. The molecule has 4 unspecified atom stereocenters. The summed E-state index contributed by atoms with van der Waals surface area (Å²) in [5.41, 5.74) is 5.75. The number of thiazole rings is 1. The van der Waals surface area contributed by atoms with E-state index in [1.165, 1.54) is 61.6 Å². The zero-order chi connectivity index (χ0) is 45.9. The Balaban J connectivity index is 0.00000135. The second-order valence-electron chi connectivity index (χ2n) is 17.4. The van der Waals surface area contributed by atoms with Crippen LogP contribution in [0.3, 0.4) is 0 Å². The smallest absolute Gasteiger partial charge is 0.334 e. The zero-order valence-corrected chi connectivity index (χ0v) is 42.9. The summed E-state index contributed by atoms with van der Waals surface area (Å²) in [5, 5.41) is 4.71. The van der Waals surface area contributed by atoms with E-state index < -0.39 is 11.6 Å². The predicted molar refractivity (Wildman–Crippen MR) is 276 cm³/mol. The van der Waals surface area contributed by atoms with Crippen molar-refractivity contribution in [2.45, 2.75) is 151 Å². The summed E-state index contributed by atoms with van der Waals surface area (Å²) >= 11 is 1.61. The molecular formula is C50H74F2N6OPS3+. The van der Waals surface area contributed by atoms with E-state index >= 15 is 4.39 Å². The first-order valence-electron chi connectivity index (χ1n) is 23.2. The van der Waals surface area contributed by atoms with Crippen molar-refractivity contribution in [1.29, 1.82) is 0 Å². The number of aromatic nitrogens is 1. The van der Waals surface area contributed by atoms with Gasteiger partial charge in [0, 0.05) is 30.0 Å². The van der Waals surface area contributed by atoms with Gasteiger partial charge in [-0.05, 0) is 117 Å². The number of allylic oxidation sites excluding steroid dienone is 5. The topological polar surface area (TPSA) is 81.4 Å². The van der Waals surface area contributed by atoms with Crippen molar-refractivity contribution in [1.82, 2.24) is 15.0 Å². The van der Waals surface area contributed by atoms with Gasteiger partial charge in [-0.2, -0.15) is 4.39 Å². The van der Waals surface area contributed by atoms with Crippen LogP contribution in [-0.4, -0.2) is 34.0 Å². The summed E-state index contributed by atoms with van der Waals surface area (Å²) < 4.78 is 34.9. The average Bonchev–Trinajstić information content (AvgIpc) is 3.70. The number of amidine groups is 1. The van der Waals surface area contributed by atoms with Gasteiger partial charge in [-0.1, -0.05) is 136 Å². The van der Waals surface area contributed by atoms with Crippen LogP contribution in [-0.2, 0) is 0 Å². The Bertz CT molecular complexity index is 2010. The molecule has 13 heteroatoms. The molecule has 1 spiro atoms. The van der Waals surface area contributed by atoms with Crippen molar-refractivity contribution in [2.24, 2.45) is 22.2 Å². The highest BCUT2D eigenvalue weighted by atomic mass is 33.1. The van der Waals surface area contributed by atoms with Crippen molar-refractivity contribution >= 4 is 70.4 Å². The summed E-state index contributed by atoms with van der Waals surface area (Å²) in [6, 6.07) is 9.54. The largest absolute Gasteiger partial charge is 0.351 e. The lowest BCUT2D eigenvalue weighted by Gasteiger charge is -2.47. The van der Waals surface area contributed by atoms with E-state index in [1.54, 1.807) is 40.5 Å². The monoisotopic (exact) mass is 939 g/mol. The molecule has 3 aromatic rings. The van der Waals surface area contributed by atoms with Gasteiger partial charge in [0.2, 0.25) is 5.82 Å². The maximum Gasteiger partial charge on any atom is 0.334 e. The molecule has 1 aromatic heterocycles. The SMILES string of the molecule is C/C=C(/C)CC(CCCC)C(C)C(C)c1nc(-c2cccc(N[N+](=O)c3c(F)cccc3P)c2F)c(C(/C=C\NC(C)=NC2CC3(CNSSC3)C2)=C\CCC)s1.CCCCCC. The fourth-order valence-corrected chi connectivity index (χ4v) is 12.2. The Morgan fingerprint density at radius 2 is 1.76 bits per heavy atom. The molecule has 0 bridgehead atoms. The van der Waals surface area contributed by atoms with Crippen LogP contribution in [0.2, 0.25) is 0 Å². The number of nitrogens with zero attached hydrogens (tertiary/aromatic N) is 3. The number of halogens is 2. The quantitative estimate of drug-likeness (QED) is 0.00938. The van der Waals surface area contributed by atoms with Crippen molar-refractivity contribution in [3.63, 3.8) is 0 Å². The number of anilines is 1. The highest BCUT2D eigenvalue weighted by molar-refractivity contribution is 8.76. The minimum atomic E-state index is -0.708. The molecule has 1 aliphatic heterocycles. The van der Waals surface area contributed by atoms with Gasteiger partial charge in [0.1, 0.15) is 5.69 Å². The lowest BCUT2D eigenvalue weighted by Crippen LogP contribution is -2.49. The first kappa shape index (κ1) is 52.7. The Labute approximate surface area is 392 Å². The standard InChI is InChI=1S/C44H60F2N6OPS3.C6H14/c1-8-11-15-32(21-22-47-31(7)49-34-24-44(25-34)26-48-57-55-27-44)42-40(50-43(56-42)30(6)29(5)33(16-12-9-2)23-28(4)10-3)35-17-13-19-37(39(35)46)51-52(53)41-36(45)18-14-20-38(41)54;1-3-5-6-4-2/h10,13-15,17-22,29-30,33-34,48H,8-9,11-12,16,23-27,54H2,1-7H3,(H,47,49)(H,51,53);3-6H2,1-2H3/q+1;/b22-21-,28-10-,32-15-;. The van der Waals surface area contributed by atoms with Gasteiger partial charge in [-0.25, -0.2) is 9.37 Å². The summed E-state index contributed by atoms with van der Waals surface area (Å²) in [7, 11) is 5.99. The minimum Gasteiger partial charge on any atom is -0.351 e. The molecule has 5 rings (SSSR count). The van der Waals surface area contributed by atoms with Crippen LogP contribution >= 0.6 is 42.4 Å². The van der Waals surface area contributed by atoms with Crippen LogP contribution in [0, 0.1) is 33.8 Å². The molecule has 1 aliphatic carbocycles. The minimum absolute atomic E-state index is 0.0687. The molecule has 0 amide bonds. The summed E-state index contributed by atoms with van der Waals surface area (Å²) in [6.45, 7) is 20.8. The van der Waals surface area contributed by atoms with Gasteiger partial charge in [0.15, 0.2) is 10.7 Å². The maximum absolute atomic E-state index is 16.8. The van der Waals surface area contributed by atoms with E-state index in [0.717, 1.165) is 72.8 Å². The van der Waals surface area contributed by atoms with Crippen molar-refractivity contribution in [3.05, 3.63) is 92.8 Å². The normalized spacial score (nSPS) is 19.6. The number of nitroso groups, excluding NO2 is 1. The number of benzene rings is 2. The third kappa shape index (κ3) is 15.3. The molecule has 4 atom stereocenters. The fourth-order valence-electron chi connectivity index (χ4n) is 8.13. The number of hydrogen-bond donors (Lipinski definition) is 3. The average molecular weight is 940 g/mol. The van der Waals surface area contributed by atoms with Crippen LogP contribution in [0.25, 0.3) is 16.8 Å². The molecule has 2 heterocycles. The third-order valence-electron chi connectivity index (χ3n) is 12.3. The molecule has 7 nitrogen and oxygen atoms in total. The van der Waals surface area contributed by atoms with E-state index in [-0.39, 0.29) is 27.7 Å². The van der Waals surface area contributed by atoms with Gasteiger partial charge >= 0.3 is 5.69 Å². The molecule has 2 fully saturated rings. The highest BCUT2D eigenvalue weighted by Crippen LogP contribution is 2.49. The third-order valence-corrected chi connectivity index (χ3v) is 16.3. The van der Waals surface area contributed by atoms with Gasteiger partial charge in [0.25, 0.3) is 0 Å². The van der Waals surface area contributed by atoms with E-state index in [4.69, 9.17) is 9.98 Å². The Kier molecular flexibility index (Phi) is 22.5. The number of rotatable bonds is 21. The van der Waals surface area contributed by atoms with Crippen LogP contribution < -0.4 is 20.8 Å². The van der Waals surface area contributed by atoms with Crippen molar-refractivity contribution in [2.75, 3.05) is 17.7 Å². The lowest BCUT2D eigenvalue weighted by molar-refractivity contribution is -0.429. The number of hydrogen-bond acceptors (Lipinski definition) is 7. The molecule has 346 valence electrons. The van der Waals surface area contributed by atoms with E-state index in [2.05, 4.69) is 92.2 Å². The summed E-state index contributed by atoms with van der Waals surface area (Å²) in [5.74, 6) is 1.62.